The Kier molecular flexibility index (Phi) is 4.86. The van der Waals surface area contributed by atoms with Crippen molar-refractivity contribution in [1.82, 2.24) is 9.62 Å². The highest BCUT2D eigenvalue weighted by atomic mass is 32.3. The summed E-state index contributed by atoms with van der Waals surface area (Å²) in [6, 6.07) is 4.86. The fourth-order valence-corrected chi connectivity index (χ4v) is 7.66. The summed E-state index contributed by atoms with van der Waals surface area (Å²) < 4.78 is 50.4. The maximum absolute atomic E-state index is 12.9. The molecule has 1 aliphatic rings. The molecule has 0 radical (unpaired) electrons. The van der Waals surface area contributed by atoms with Crippen LogP contribution in [-0.2, 0) is 26.6 Å². The van der Waals surface area contributed by atoms with Crippen molar-refractivity contribution >= 4 is 42.7 Å². The molecular formula is C13H17N3O4S4. The number of nitrogens with zero attached hydrogens (tertiary/aromatic N) is 1. The van der Waals surface area contributed by atoms with Crippen LogP contribution in [0.15, 0.2) is 32.0 Å². The number of nitrogens with one attached hydrogen (secondary N) is 1. The van der Waals surface area contributed by atoms with Crippen LogP contribution in [0.5, 0.6) is 0 Å². The predicted molar refractivity (Wildman–Crippen MR) is 94.0 cm³/mol. The Labute approximate surface area is 149 Å². The fraction of sp³-hybridized carbons (Fsp3) is 0.385. The molecule has 3 rings (SSSR count). The third kappa shape index (κ3) is 3.29. The molecule has 3 heterocycles. The molecule has 0 aliphatic carbocycles. The molecule has 1 atom stereocenters. The molecule has 11 heteroatoms. The molecule has 2 aromatic rings. The van der Waals surface area contributed by atoms with Gasteiger partial charge in [0.05, 0.1) is 0 Å². The van der Waals surface area contributed by atoms with Crippen LogP contribution in [-0.4, -0.2) is 34.2 Å². The Balaban J connectivity index is 2.07. The molecule has 0 spiro atoms. The Morgan fingerprint density at radius 2 is 2.21 bits per heavy atom. The van der Waals surface area contributed by atoms with Crippen LogP contribution >= 0.6 is 22.7 Å². The minimum atomic E-state index is -3.94. The van der Waals surface area contributed by atoms with Crippen LogP contribution in [0.1, 0.15) is 23.4 Å². The van der Waals surface area contributed by atoms with E-state index in [2.05, 4.69) is 5.32 Å². The maximum atomic E-state index is 12.9. The largest absolute Gasteiger partial charge is 0.309 e. The number of primary sulfonamides is 1. The summed E-state index contributed by atoms with van der Waals surface area (Å²) in [5.41, 5.74) is 0.480. The van der Waals surface area contributed by atoms with Crippen molar-refractivity contribution in [1.29, 1.82) is 0 Å². The predicted octanol–water partition coefficient (Wildman–Crippen LogP) is 1.31. The fourth-order valence-electron chi connectivity index (χ4n) is 2.61. The van der Waals surface area contributed by atoms with E-state index >= 15 is 0 Å². The van der Waals surface area contributed by atoms with E-state index in [9.17, 15) is 16.8 Å². The van der Waals surface area contributed by atoms with Crippen LogP contribution < -0.4 is 10.5 Å². The van der Waals surface area contributed by atoms with Crippen LogP contribution in [0.3, 0.4) is 0 Å². The van der Waals surface area contributed by atoms with E-state index in [0.29, 0.717) is 23.4 Å². The second kappa shape index (κ2) is 6.48. The van der Waals surface area contributed by atoms with Gasteiger partial charge >= 0.3 is 0 Å². The van der Waals surface area contributed by atoms with Crippen molar-refractivity contribution in [2.75, 3.05) is 13.1 Å². The molecule has 132 valence electrons. The molecule has 0 saturated carbocycles. The number of hydrogen-bond acceptors (Lipinski definition) is 7. The van der Waals surface area contributed by atoms with Crippen molar-refractivity contribution in [2.45, 2.75) is 27.9 Å². The van der Waals surface area contributed by atoms with Crippen LogP contribution in [0.25, 0.3) is 0 Å². The van der Waals surface area contributed by atoms with E-state index in [0.717, 1.165) is 4.88 Å². The van der Waals surface area contributed by atoms with Gasteiger partial charge in [0.15, 0.2) is 0 Å². The molecule has 0 saturated heterocycles. The van der Waals surface area contributed by atoms with Crippen LogP contribution in [0.4, 0.5) is 0 Å². The lowest BCUT2D eigenvalue weighted by Crippen LogP contribution is -2.42. The molecule has 24 heavy (non-hydrogen) atoms. The van der Waals surface area contributed by atoms with Gasteiger partial charge < -0.3 is 5.32 Å². The minimum absolute atomic E-state index is 0.0558. The van der Waals surface area contributed by atoms with E-state index < -0.39 is 20.0 Å². The number of rotatable bonds is 5. The van der Waals surface area contributed by atoms with Gasteiger partial charge in [-0.25, -0.2) is 22.0 Å². The van der Waals surface area contributed by atoms with Crippen LogP contribution in [0.2, 0.25) is 0 Å². The van der Waals surface area contributed by atoms with Crippen molar-refractivity contribution in [2.24, 2.45) is 5.14 Å². The van der Waals surface area contributed by atoms with Gasteiger partial charge in [-0.1, -0.05) is 13.0 Å². The Morgan fingerprint density at radius 3 is 2.79 bits per heavy atom. The topological polar surface area (TPSA) is 110 Å². The molecule has 0 bridgehead atoms. The Morgan fingerprint density at radius 1 is 1.46 bits per heavy atom. The molecule has 3 N–H and O–H groups in total. The first-order valence-corrected chi connectivity index (χ1v) is 11.8. The number of thiophene rings is 2. The first kappa shape index (κ1) is 18.0. The molecule has 7 nitrogen and oxygen atoms in total. The molecule has 1 aliphatic heterocycles. The van der Waals surface area contributed by atoms with Gasteiger partial charge in [0.2, 0.25) is 10.0 Å². The second-order valence-electron chi connectivity index (χ2n) is 5.34. The molecule has 0 fully saturated rings. The van der Waals surface area contributed by atoms with E-state index in [1.54, 1.807) is 0 Å². The van der Waals surface area contributed by atoms with Gasteiger partial charge in [0.1, 0.15) is 8.42 Å². The summed E-state index contributed by atoms with van der Waals surface area (Å²) >= 11 is 2.20. The number of fused-ring (bicyclic) bond motifs is 1. The normalized spacial score (nSPS) is 20.8. The van der Waals surface area contributed by atoms with Gasteiger partial charge in [-0.15, -0.1) is 22.7 Å². The lowest BCUT2D eigenvalue weighted by Gasteiger charge is -2.32. The highest BCUT2D eigenvalue weighted by molar-refractivity contribution is 7.94. The Bertz CT molecular complexity index is 932. The molecule has 0 aromatic carbocycles. The third-order valence-electron chi connectivity index (χ3n) is 3.68. The van der Waals surface area contributed by atoms with E-state index in [1.807, 2.05) is 24.4 Å². The van der Waals surface area contributed by atoms with Crippen LogP contribution in [0, 0.1) is 0 Å². The number of hydrogen-bond donors (Lipinski definition) is 2. The number of sulfonamides is 2. The lowest BCUT2D eigenvalue weighted by molar-refractivity contribution is 0.341. The van der Waals surface area contributed by atoms with Gasteiger partial charge in [-0.2, -0.15) is 4.31 Å². The molecule has 1 unspecified atom stereocenters. The van der Waals surface area contributed by atoms with E-state index in [1.165, 1.54) is 21.7 Å². The zero-order valence-electron chi connectivity index (χ0n) is 12.8. The smallest absolute Gasteiger partial charge is 0.253 e. The monoisotopic (exact) mass is 407 g/mol. The van der Waals surface area contributed by atoms with E-state index in [-0.39, 0.29) is 27.5 Å². The van der Waals surface area contributed by atoms with Gasteiger partial charge in [0, 0.05) is 29.6 Å². The standard InChI is InChI=1S/C13H17N3O4S4/c1-2-15-11-8-16(7-9-4-3-5-21-9)24(19,20)13-10(11)6-12(22-13)23(14,17)18/h3-6,11,15H,2,7-8H2,1H3,(H2,14,17,18). The second-order valence-corrected chi connectivity index (χ2v) is 11.3. The molecular weight excluding hydrogens is 390 g/mol. The first-order valence-electron chi connectivity index (χ1n) is 7.16. The first-order chi connectivity index (χ1) is 11.2. The average Bonchev–Trinajstić information content (AvgIpc) is 3.13. The minimum Gasteiger partial charge on any atom is -0.309 e. The summed E-state index contributed by atoms with van der Waals surface area (Å²) in [4.78, 5) is 0.931. The molecule has 0 amide bonds. The number of nitrogens with two attached hydrogens (primary N) is 1. The van der Waals surface area contributed by atoms with Gasteiger partial charge in [-0.3, -0.25) is 0 Å². The van der Waals surface area contributed by atoms with Gasteiger partial charge in [0.25, 0.3) is 10.0 Å². The molecule has 2 aromatic heterocycles. The lowest BCUT2D eigenvalue weighted by atomic mass is 10.1. The zero-order valence-corrected chi connectivity index (χ0v) is 16.1. The summed E-state index contributed by atoms with van der Waals surface area (Å²) in [6.07, 6.45) is 0. The summed E-state index contributed by atoms with van der Waals surface area (Å²) in [7, 11) is -7.69. The SMILES string of the molecule is CCNC1CN(Cc2cccs2)S(=O)(=O)c2sc(S(N)(=O)=O)cc21. The van der Waals surface area contributed by atoms with Crippen molar-refractivity contribution in [3.63, 3.8) is 0 Å². The Hall–Kier alpha value is -0.820. The summed E-state index contributed by atoms with van der Waals surface area (Å²) in [5.74, 6) is 0. The summed E-state index contributed by atoms with van der Waals surface area (Å²) in [6.45, 7) is 3.07. The highest BCUT2D eigenvalue weighted by Gasteiger charge is 2.39. The number of likely N-dealkylation sites (N-methyl/N-ethyl adjacent to an activating group) is 1. The van der Waals surface area contributed by atoms with Crippen molar-refractivity contribution in [3.8, 4) is 0 Å². The van der Waals surface area contributed by atoms with Gasteiger partial charge in [-0.05, 0) is 24.1 Å². The van der Waals surface area contributed by atoms with Crippen molar-refractivity contribution < 1.29 is 16.8 Å². The van der Waals surface area contributed by atoms with E-state index in [4.69, 9.17) is 5.14 Å². The maximum Gasteiger partial charge on any atom is 0.253 e. The zero-order chi connectivity index (χ0) is 17.5. The summed E-state index contributed by atoms with van der Waals surface area (Å²) in [5, 5.41) is 10.3. The average molecular weight is 408 g/mol. The highest BCUT2D eigenvalue weighted by Crippen LogP contribution is 2.40. The van der Waals surface area contributed by atoms with Crippen molar-refractivity contribution in [3.05, 3.63) is 34.0 Å². The third-order valence-corrected chi connectivity index (χ3v) is 9.45. The quantitative estimate of drug-likeness (QED) is 0.777.